The Morgan fingerprint density at radius 1 is 1.44 bits per heavy atom. The quantitative estimate of drug-likeness (QED) is 0.458. The molecule has 0 spiro atoms. The second kappa shape index (κ2) is 5.10. The standard InChI is InChI=1S/C13H16N4O/c1-9-3-4-12(5-10(9)2)17-8-11(6-13(17)18)7-15-16-14/h3-5,11H,6-8H2,1-2H3. The van der Waals surface area contributed by atoms with Crippen molar-refractivity contribution < 1.29 is 4.79 Å². The number of aryl methyl sites for hydroxylation is 2. The number of rotatable bonds is 3. The van der Waals surface area contributed by atoms with Crippen molar-refractivity contribution in [3.63, 3.8) is 0 Å². The Bertz CT molecular complexity index is 520. The second-order valence-electron chi connectivity index (χ2n) is 4.76. The summed E-state index contributed by atoms with van der Waals surface area (Å²) >= 11 is 0. The van der Waals surface area contributed by atoms with Gasteiger partial charge in [-0.15, -0.1) is 0 Å². The molecule has 1 unspecified atom stereocenters. The largest absolute Gasteiger partial charge is 0.312 e. The van der Waals surface area contributed by atoms with Crippen LogP contribution in [0.5, 0.6) is 0 Å². The summed E-state index contributed by atoms with van der Waals surface area (Å²) in [4.78, 5) is 16.5. The molecular formula is C13H16N4O. The average molecular weight is 244 g/mol. The molecule has 5 heteroatoms. The van der Waals surface area contributed by atoms with Crippen molar-refractivity contribution >= 4 is 11.6 Å². The van der Waals surface area contributed by atoms with Crippen LogP contribution in [0.2, 0.25) is 0 Å². The van der Waals surface area contributed by atoms with Gasteiger partial charge < -0.3 is 4.90 Å². The van der Waals surface area contributed by atoms with Crippen LogP contribution >= 0.6 is 0 Å². The first kappa shape index (κ1) is 12.5. The molecule has 0 radical (unpaired) electrons. The highest BCUT2D eigenvalue weighted by atomic mass is 16.2. The first-order chi connectivity index (χ1) is 8.61. The molecule has 0 aromatic heterocycles. The number of amides is 1. The fourth-order valence-electron chi connectivity index (χ4n) is 2.20. The minimum Gasteiger partial charge on any atom is -0.312 e. The first-order valence-electron chi connectivity index (χ1n) is 6.00. The maximum Gasteiger partial charge on any atom is 0.227 e. The highest BCUT2D eigenvalue weighted by Crippen LogP contribution is 2.26. The van der Waals surface area contributed by atoms with Crippen LogP contribution in [0.15, 0.2) is 23.3 Å². The van der Waals surface area contributed by atoms with Gasteiger partial charge in [-0.1, -0.05) is 11.2 Å². The van der Waals surface area contributed by atoms with Gasteiger partial charge in [-0.2, -0.15) is 0 Å². The van der Waals surface area contributed by atoms with Gasteiger partial charge in [-0.05, 0) is 48.6 Å². The average Bonchev–Trinajstić information content (AvgIpc) is 2.71. The van der Waals surface area contributed by atoms with E-state index in [0.29, 0.717) is 19.5 Å². The summed E-state index contributed by atoms with van der Waals surface area (Å²) in [5.74, 6) is 0.242. The minimum absolute atomic E-state index is 0.108. The van der Waals surface area contributed by atoms with E-state index in [4.69, 9.17) is 5.53 Å². The van der Waals surface area contributed by atoms with E-state index in [0.717, 1.165) is 5.69 Å². The highest BCUT2D eigenvalue weighted by Gasteiger charge is 2.30. The molecule has 1 amide bonds. The summed E-state index contributed by atoms with van der Waals surface area (Å²) in [7, 11) is 0. The van der Waals surface area contributed by atoms with Crippen LogP contribution in [0, 0.1) is 19.8 Å². The zero-order valence-electron chi connectivity index (χ0n) is 10.6. The molecule has 1 heterocycles. The highest BCUT2D eigenvalue weighted by molar-refractivity contribution is 5.95. The van der Waals surface area contributed by atoms with E-state index in [9.17, 15) is 4.79 Å². The van der Waals surface area contributed by atoms with Crippen LogP contribution < -0.4 is 4.90 Å². The van der Waals surface area contributed by atoms with Crippen molar-refractivity contribution in [1.82, 2.24) is 0 Å². The molecule has 0 N–H and O–H groups in total. The molecule has 1 saturated heterocycles. The van der Waals surface area contributed by atoms with E-state index in [1.807, 2.05) is 25.1 Å². The molecule has 1 aliphatic rings. The van der Waals surface area contributed by atoms with E-state index in [1.54, 1.807) is 4.90 Å². The molecule has 1 aromatic rings. The topological polar surface area (TPSA) is 69.1 Å². The number of anilines is 1. The fraction of sp³-hybridized carbons (Fsp3) is 0.462. The van der Waals surface area contributed by atoms with E-state index in [2.05, 4.69) is 16.9 Å². The molecule has 1 aliphatic heterocycles. The van der Waals surface area contributed by atoms with E-state index < -0.39 is 0 Å². The lowest BCUT2D eigenvalue weighted by molar-refractivity contribution is -0.117. The summed E-state index contributed by atoms with van der Waals surface area (Å²) in [6, 6.07) is 6.03. The van der Waals surface area contributed by atoms with Crippen LogP contribution in [0.25, 0.3) is 10.4 Å². The van der Waals surface area contributed by atoms with Crippen molar-refractivity contribution in [3.8, 4) is 0 Å². The van der Waals surface area contributed by atoms with Crippen LogP contribution in [-0.2, 0) is 4.79 Å². The summed E-state index contributed by atoms with van der Waals surface area (Å²) in [6.07, 6.45) is 0.464. The molecule has 94 valence electrons. The Hall–Kier alpha value is -2.00. The molecule has 1 fully saturated rings. The Kier molecular flexibility index (Phi) is 3.53. The van der Waals surface area contributed by atoms with Gasteiger partial charge in [0.05, 0.1) is 0 Å². The van der Waals surface area contributed by atoms with Crippen molar-refractivity contribution in [2.45, 2.75) is 20.3 Å². The van der Waals surface area contributed by atoms with E-state index in [-0.39, 0.29) is 11.8 Å². The van der Waals surface area contributed by atoms with Crippen LogP contribution in [0.4, 0.5) is 5.69 Å². The third-order valence-electron chi connectivity index (χ3n) is 3.41. The van der Waals surface area contributed by atoms with Crippen LogP contribution in [0.1, 0.15) is 17.5 Å². The van der Waals surface area contributed by atoms with Gasteiger partial charge >= 0.3 is 0 Å². The number of carbonyl (C=O) groups is 1. The normalized spacial score (nSPS) is 18.9. The molecule has 1 atom stereocenters. The van der Waals surface area contributed by atoms with Gasteiger partial charge in [0.1, 0.15) is 0 Å². The van der Waals surface area contributed by atoms with Crippen molar-refractivity contribution in [2.24, 2.45) is 11.0 Å². The van der Waals surface area contributed by atoms with Gasteiger partial charge in [0.25, 0.3) is 0 Å². The molecule has 0 aliphatic carbocycles. The Morgan fingerprint density at radius 3 is 2.89 bits per heavy atom. The summed E-state index contributed by atoms with van der Waals surface area (Å²) in [6.45, 7) is 5.12. The van der Waals surface area contributed by atoms with E-state index in [1.165, 1.54) is 11.1 Å². The predicted molar refractivity (Wildman–Crippen MR) is 70.4 cm³/mol. The minimum atomic E-state index is 0.108. The molecular weight excluding hydrogens is 228 g/mol. The Morgan fingerprint density at radius 2 is 2.22 bits per heavy atom. The first-order valence-corrected chi connectivity index (χ1v) is 6.00. The third kappa shape index (κ3) is 2.46. The lowest BCUT2D eigenvalue weighted by Crippen LogP contribution is -2.24. The fourth-order valence-corrected chi connectivity index (χ4v) is 2.20. The summed E-state index contributed by atoms with van der Waals surface area (Å²) < 4.78 is 0. The van der Waals surface area contributed by atoms with Crippen LogP contribution in [0.3, 0.4) is 0 Å². The van der Waals surface area contributed by atoms with Crippen molar-refractivity contribution in [3.05, 3.63) is 39.8 Å². The summed E-state index contributed by atoms with van der Waals surface area (Å²) in [5.41, 5.74) is 11.6. The smallest absolute Gasteiger partial charge is 0.227 e. The summed E-state index contributed by atoms with van der Waals surface area (Å²) in [5, 5.41) is 3.55. The molecule has 2 rings (SSSR count). The van der Waals surface area contributed by atoms with Crippen molar-refractivity contribution in [1.29, 1.82) is 0 Å². The van der Waals surface area contributed by atoms with Gasteiger partial charge in [-0.3, -0.25) is 4.79 Å². The Balaban J connectivity index is 2.16. The molecule has 5 nitrogen and oxygen atoms in total. The van der Waals surface area contributed by atoms with Gasteiger partial charge in [0.2, 0.25) is 5.91 Å². The van der Waals surface area contributed by atoms with Gasteiger partial charge in [0, 0.05) is 30.1 Å². The molecule has 18 heavy (non-hydrogen) atoms. The predicted octanol–water partition coefficient (Wildman–Crippen LogP) is 2.97. The molecule has 1 aromatic carbocycles. The Labute approximate surface area is 106 Å². The lowest BCUT2D eigenvalue weighted by atomic mass is 10.1. The maximum atomic E-state index is 11.9. The van der Waals surface area contributed by atoms with Crippen molar-refractivity contribution in [2.75, 3.05) is 18.0 Å². The number of nitrogens with zero attached hydrogens (tertiary/aromatic N) is 4. The second-order valence-corrected chi connectivity index (χ2v) is 4.76. The molecule has 0 saturated carbocycles. The maximum absolute atomic E-state index is 11.9. The van der Waals surface area contributed by atoms with Gasteiger partial charge in [0.15, 0.2) is 0 Å². The zero-order chi connectivity index (χ0) is 13.1. The number of carbonyl (C=O) groups excluding carboxylic acids is 1. The van der Waals surface area contributed by atoms with Crippen LogP contribution in [-0.4, -0.2) is 19.0 Å². The number of benzene rings is 1. The third-order valence-corrected chi connectivity index (χ3v) is 3.41. The lowest BCUT2D eigenvalue weighted by Gasteiger charge is -2.17. The number of azide groups is 1. The zero-order valence-corrected chi connectivity index (χ0v) is 10.6. The monoisotopic (exact) mass is 244 g/mol. The number of hydrogen-bond donors (Lipinski definition) is 0. The van der Waals surface area contributed by atoms with E-state index >= 15 is 0 Å². The van der Waals surface area contributed by atoms with Gasteiger partial charge in [-0.25, -0.2) is 0 Å². The SMILES string of the molecule is Cc1ccc(N2CC(CN=[N+]=[N-])CC2=O)cc1C. The number of hydrogen-bond acceptors (Lipinski definition) is 2. The molecule has 0 bridgehead atoms.